The number of carbonyl (C=O) groups is 1. The molecule has 0 atom stereocenters. The number of hydrogen-bond donors (Lipinski definition) is 0. The Bertz CT molecular complexity index is 966. The zero-order valence-electron chi connectivity index (χ0n) is 15.3. The highest BCUT2D eigenvalue weighted by Crippen LogP contribution is 2.23. The molecule has 1 fully saturated rings. The van der Waals surface area contributed by atoms with E-state index in [1.165, 1.54) is 0 Å². The number of halogens is 1. The summed E-state index contributed by atoms with van der Waals surface area (Å²) in [6.45, 7) is 2.41. The monoisotopic (exact) mass is 398 g/mol. The highest BCUT2D eigenvalue weighted by atomic mass is 35.5. The summed E-state index contributed by atoms with van der Waals surface area (Å²) < 4.78 is 10.5. The maximum absolute atomic E-state index is 12.7. The molecule has 8 heteroatoms. The van der Waals surface area contributed by atoms with Gasteiger partial charge in [-0.05, 0) is 36.4 Å². The van der Waals surface area contributed by atoms with Gasteiger partial charge in [-0.2, -0.15) is 4.98 Å². The second-order valence-corrected chi connectivity index (χ2v) is 6.86. The number of benzene rings is 2. The first-order chi connectivity index (χ1) is 13.6. The Hall–Kier alpha value is -3.06. The minimum Gasteiger partial charge on any atom is -0.497 e. The standard InChI is InChI=1S/C20H19ClN4O3/c1-27-17-7-5-14(6-8-17)19(26)24-9-11-25(12-10-24)20-22-18(23-28-20)15-3-2-4-16(21)13-15/h2-8,13H,9-12H2,1H3. The third-order valence-corrected chi connectivity index (χ3v) is 4.91. The molecule has 4 rings (SSSR count). The van der Waals surface area contributed by atoms with E-state index < -0.39 is 0 Å². The number of hydrogen-bond acceptors (Lipinski definition) is 6. The SMILES string of the molecule is COc1ccc(C(=O)N2CCN(c3nc(-c4cccc(Cl)c4)no3)CC2)cc1. The lowest BCUT2D eigenvalue weighted by molar-refractivity contribution is 0.0744. The van der Waals surface area contributed by atoms with E-state index in [9.17, 15) is 4.79 Å². The molecule has 0 aliphatic carbocycles. The molecule has 3 aromatic rings. The van der Waals surface area contributed by atoms with Crippen LogP contribution in [0.1, 0.15) is 10.4 Å². The maximum Gasteiger partial charge on any atom is 0.324 e. The van der Waals surface area contributed by atoms with Gasteiger partial charge >= 0.3 is 6.01 Å². The number of piperazine rings is 1. The van der Waals surface area contributed by atoms with Crippen LogP contribution in [0.5, 0.6) is 5.75 Å². The van der Waals surface area contributed by atoms with Gasteiger partial charge in [-0.25, -0.2) is 0 Å². The first-order valence-corrected chi connectivity index (χ1v) is 9.30. The Balaban J connectivity index is 1.39. The van der Waals surface area contributed by atoms with Gasteiger partial charge in [-0.1, -0.05) is 28.9 Å². The molecule has 1 saturated heterocycles. The molecule has 1 aliphatic heterocycles. The van der Waals surface area contributed by atoms with Crippen LogP contribution in [0.2, 0.25) is 5.02 Å². The van der Waals surface area contributed by atoms with Crippen LogP contribution in [0.3, 0.4) is 0 Å². The normalized spacial score (nSPS) is 14.2. The van der Waals surface area contributed by atoms with Gasteiger partial charge < -0.3 is 19.1 Å². The Labute approximate surface area is 167 Å². The van der Waals surface area contributed by atoms with E-state index in [2.05, 4.69) is 10.1 Å². The summed E-state index contributed by atoms with van der Waals surface area (Å²) >= 11 is 6.02. The largest absolute Gasteiger partial charge is 0.497 e. The molecule has 0 spiro atoms. The lowest BCUT2D eigenvalue weighted by Crippen LogP contribution is -2.48. The number of amides is 1. The predicted octanol–water partition coefficient (Wildman–Crippen LogP) is 3.36. The molecule has 7 nitrogen and oxygen atoms in total. The van der Waals surface area contributed by atoms with Crippen LogP contribution in [0.25, 0.3) is 11.4 Å². The van der Waals surface area contributed by atoms with Crippen molar-refractivity contribution < 1.29 is 14.1 Å². The van der Waals surface area contributed by atoms with Crippen LogP contribution >= 0.6 is 11.6 Å². The molecule has 0 N–H and O–H groups in total. The Morgan fingerprint density at radius 2 is 1.86 bits per heavy atom. The van der Waals surface area contributed by atoms with Gasteiger partial charge in [-0.3, -0.25) is 4.79 Å². The van der Waals surface area contributed by atoms with Crippen molar-refractivity contribution in [3.63, 3.8) is 0 Å². The van der Waals surface area contributed by atoms with Gasteiger partial charge in [0.25, 0.3) is 5.91 Å². The van der Waals surface area contributed by atoms with Crippen molar-refractivity contribution in [1.82, 2.24) is 15.0 Å². The number of rotatable bonds is 4. The zero-order chi connectivity index (χ0) is 19.5. The maximum atomic E-state index is 12.7. The van der Waals surface area contributed by atoms with Gasteiger partial charge in [-0.15, -0.1) is 0 Å². The van der Waals surface area contributed by atoms with Crippen molar-refractivity contribution in [1.29, 1.82) is 0 Å². The van der Waals surface area contributed by atoms with Crippen molar-refractivity contribution >= 4 is 23.5 Å². The molecule has 1 aromatic heterocycles. The summed E-state index contributed by atoms with van der Waals surface area (Å²) in [5, 5.41) is 4.66. The molecule has 0 unspecified atom stereocenters. The minimum absolute atomic E-state index is 0.00690. The molecule has 0 radical (unpaired) electrons. The lowest BCUT2D eigenvalue weighted by Gasteiger charge is -2.33. The van der Waals surface area contributed by atoms with E-state index in [0.29, 0.717) is 48.6 Å². The first-order valence-electron chi connectivity index (χ1n) is 8.92. The van der Waals surface area contributed by atoms with Crippen LogP contribution in [0.4, 0.5) is 6.01 Å². The van der Waals surface area contributed by atoms with Gasteiger partial charge in [0.2, 0.25) is 5.82 Å². The highest BCUT2D eigenvalue weighted by molar-refractivity contribution is 6.30. The van der Waals surface area contributed by atoms with Crippen LogP contribution in [-0.4, -0.2) is 54.2 Å². The topological polar surface area (TPSA) is 71.7 Å². The average molecular weight is 399 g/mol. The fourth-order valence-corrected chi connectivity index (χ4v) is 3.30. The molecule has 2 aromatic carbocycles. The van der Waals surface area contributed by atoms with E-state index in [1.54, 1.807) is 43.5 Å². The van der Waals surface area contributed by atoms with E-state index in [4.69, 9.17) is 20.9 Å². The van der Waals surface area contributed by atoms with Gasteiger partial charge in [0, 0.05) is 42.3 Å². The summed E-state index contributed by atoms with van der Waals surface area (Å²) in [7, 11) is 1.60. The molecule has 0 saturated carbocycles. The fraction of sp³-hybridized carbons (Fsp3) is 0.250. The van der Waals surface area contributed by atoms with E-state index in [1.807, 2.05) is 21.9 Å². The number of ether oxygens (including phenoxy) is 1. The van der Waals surface area contributed by atoms with Crippen molar-refractivity contribution in [3.05, 3.63) is 59.1 Å². The molecule has 2 heterocycles. The second kappa shape index (κ2) is 7.90. The van der Waals surface area contributed by atoms with Crippen molar-refractivity contribution in [2.75, 3.05) is 38.2 Å². The summed E-state index contributed by atoms with van der Waals surface area (Å²) in [6.07, 6.45) is 0. The van der Waals surface area contributed by atoms with Crippen molar-refractivity contribution in [3.8, 4) is 17.1 Å². The molecule has 1 aliphatic rings. The van der Waals surface area contributed by atoms with Gasteiger partial charge in [0.15, 0.2) is 0 Å². The molecule has 144 valence electrons. The van der Waals surface area contributed by atoms with Crippen LogP contribution in [0, 0.1) is 0 Å². The summed E-state index contributed by atoms with van der Waals surface area (Å²) in [5.41, 5.74) is 1.45. The number of methoxy groups -OCH3 is 1. The van der Waals surface area contributed by atoms with Crippen LogP contribution in [-0.2, 0) is 0 Å². The summed E-state index contributed by atoms with van der Waals surface area (Å²) in [5.74, 6) is 1.23. The summed E-state index contributed by atoms with van der Waals surface area (Å²) in [6, 6.07) is 14.9. The minimum atomic E-state index is 0.00690. The van der Waals surface area contributed by atoms with E-state index >= 15 is 0 Å². The van der Waals surface area contributed by atoms with Crippen LogP contribution < -0.4 is 9.64 Å². The van der Waals surface area contributed by atoms with Gasteiger partial charge in [0.1, 0.15) is 5.75 Å². The van der Waals surface area contributed by atoms with Gasteiger partial charge in [0.05, 0.1) is 7.11 Å². The highest BCUT2D eigenvalue weighted by Gasteiger charge is 2.25. The smallest absolute Gasteiger partial charge is 0.324 e. The molecule has 0 bridgehead atoms. The lowest BCUT2D eigenvalue weighted by atomic mass is 10.1. The number of carbonyl (C=O) groups excluding carboxylic acids is 1. The van der Waals surface area contributed by atoms with Crippen molar-refractivity contribution in [2.45, 2.75) is 0 Å². The molecular weight excluding hydrogens is 380 g/mol. The third kappa shape index (κ3) is 3.80. The molecular formula is C20H19ClN4O3. The summed E-state index contributed by atoms with van der Waals surface area (Å²) in [4.78, 5) is 20.9. The quantitative estimate of drug-likeness (QED) is 0.671. The first kappa shape index (κ1) is 18.3. The fourth-order valence-electron chi connectivity index (χ4n) is 3.11. The third-order valence-electron chi connectivity index (χ3n) is 4.67. The van der Waals surface area contributed by atoms with E-state index in [-0.39, 0.29) is 5.91 Å². The predicted molar refractivity (Wildman–Crippen MR) is 106 cm³/mol. The Morgan fingerprint density at radius 3 is 2.54 bits per heavy atom. The molecule has 1 amide bonds. The average Bonchev–Trinajstić information content (AvgIpc) is 3.24. The number of nitrogens with zero attached hydrogens (tertiary/aromatic N) is 4. The van der Waals surface area contributed by atoms with Crippen molar-refractivity contribution in [2.24, 2.45) is 0 Å². The zero-order valence-corrected chi connectivity index (χ0v) is 16.1. The number of aromatic nitrogens is 2. The van der Waals surface area contributed by atoms with Crippen LogP contribution in [0.15, 0.2) is 53.1 Å². The van der Waals surface area contributed by atoms with E-state index in [0.717, 1.165) is 11.3 Å². The Morgan fingerprint density at radius 1 is 1.11 bits per heavy atom. The number of anilines is 1. The molecule has 28 heavy (non-hydrogen) atoms. The Kier molecular flexibility index (Phi) is 5.16. The second-order valence-electron chi connectivity index (χ2n) is 6.42.